The van der Waals surface area contributed by atoms with Gasteiger partial charge in [-0.2, -0.15) is 0 Å². The molecule has 0 unspecified atom stereocenters. The maximum Gasteiger partial charge on any atom is 0.0967 e. The van der Waals surface area contributed by atoms with E-state index < -0.39 is 6.10 Å². The van der Waals surface area contributed by atoms with E-state index in [0.717, 1.165) is 38.5 Å². The molecule has 3 fully saturated rings. The van der Waals surface area contributed by atoms with Crippen molar-refractivity contribution in [3.63, 3.8) is 0 Å². The summed E-state index contributed by atoms with van der Waals surface area (Å²) < 4.78 is 13.1. The molecular formula is C18H31N5O3. The summed E-state index contributed by atoms with van der Waals surface area (Å²) in [5, 5.41) is 22.6. The number of ether oxygens (including phenoxy) is 2. The van der Waals surface area contributed by atoms with Crippen molar-refractivity contribution in [2.45, 2.75) is 69.5 Å². The molecule has 1 aliphatic carbocycles. The van der Waals surface area contributed by atoms with Crippen molar-refractivity contribution >= 4 is 0 Å². The number of hydrogen-bond donors (Lipinski definition) is 2. The van der Waals surface area contributed by atoms with Gasteiger partial charge in [-0.25, -0.2) is 4.68 Å². The van der Waals surface area contributed by atoms with Gasteiger partial charge in [0, 0.05) is 31.9 Å². The van der Waals surface area contributed by atoms with Gasteiger partial charge in [0.15, 0.2) is 0 Å². The van der Waals surface area contributed by atoms with Gasteiger partial charge < -0.3 is 19.9 Å². The van der Waals surface area contributed by atoms with Gasteiger partial charge >= 0.3 is 0 Å². The first-order valence-corrected chi connectivity index (χ1v) is 10.0. The molecule has 26 heavy (non-hydrogen) atoms. The fourth-order valence-corrected chi connectivity index (χ4v) is 4.28. The molecule has 3 atom stereocenters. The molecule has 3 heterocycles. The van der Waals surface area contributed by atoms with Crippen molar-refractivity contribution in [2.75, 3.05) is 32.9 Å². The molecule has 146 valence electrons. The predicted molar refractivity (Wildman–Crippen MR) is 95.7 cm³/mol. The minimum absolute atomic E-state index is 0.0232. The third kappa shape index (κ3) is 4.61. The Morgan fingerprint density at radius 3 is 2.81 bits per heavy atom. The fourth-order valence-electron chi connectivity index (χ4n) is 4.28. The summed E-state index contributed by atoms with van der Waals surface area (Å²) in [6.07, 6.45) is 7.77. The van der Waals surface area contributed by atoms with Crippen LogP contribution in [0.5, 0.6) is 0 Å². The van der Waals surface area contributed by atoms with Crippen molar-refractivity contribution < 1.29 is 14.6 Å². The Balaban J connectivity index is 1.32. The Kier molecular flexibility index (Phi) is 6.16. The highest BCUT2D eigenvalue weighted by atomic mass is 16.5. The van der Waals surface area contributed by atoms with Crippen molar-refractivity contribution in [3.8, 4) is 0 Å². The van der Waals surface area contributed by atoms with Crippen molar-refractivity contribution in [1.29, 1.82) is 0 Å². The molecule has 3 aliphatic rings. The van der Waals surface area contributed by atoms with E-state index in [4.69, 9.17) is 9.47 Å². The summed E-state index contributed by atoms with van der Waals surface area (Å²) in [4.78, 5) is 2.33. The molecular weight excluding hydrogens is 334 g/mol. The fraction of sp³-hybridized carbons (Fsp3) is 0.889. The molecule has 0 amide bonds. The van der Waals surface area contributed by atoms with Crippen LogP contribution in [0, 0.1) is 0 Å². The average molecular weight is 365 g/mol. The highest BCUT2D eigenvalue weighted by Gasteiger charge is 2.37. The summed E-state index contributed by atoms with van der Waals surface area (Å²) in [7, 11) is 0. The van der Waals surface area contributed by atoms with Gasteiger partial charge in [-0.1, -0.05) is 24.5 Å². The SMILES string of the molecule is O[C@H]1CO[C@H](Cn2cc(CN3CCOCC3)nn2)[C@@H]1NC1CCCCC1. The summed E-state index contributed by atoms with van der Waals surface area (Å²) in [5.41, 5.74) is 0.974. The highest BCUT2D eigenvalue weighted by molar-refractivity contribution is 4.96. The maximum absolute atomic E-state index is 10.3. The molecule has 8 nitrogen and oxygen atoms in total. The number of aliphatic hydroxyl groups is 1. The molecule has 0 spiro atoms. The van der Waals surface area contributed by atoms with Crippen LogP contribution >= 0.6 is 0 Å². The Bertz CT molecular complexity index is 557. The van der Waals surface area contributed by atoms with E-state index in [0.29, 0.717) is 19.2 Å². The second kappa shape index (κ2) is 8.75. The topological polar surface area (TPSA) is 84.7 Å². The maximum atomic E-state index is 10.3. The zero-order valence-corrected chi connectivity index (χ0v) is 15.4. The first-order chi connectivity index (χ1) is 12.8. The molecule has 2 N–H and O–H groups in total. The van der Waals surface area contributed by atoms with Crippen LogP contribution in [-0.2, 0) is 22.6 Å². The standard InChI is InChI=1S/C18H31N5O3/c24-16-13-26-17(18(16)19-14-4-2-1-3-5-14)12-23-11-15(20-21-23)10-22-6-8-25-9-7-22/h11,14,16-19,24H,1-10,12-13H2/t16-,17+,18+/m0/s1. The van der Waals surface area contributed by atoms with E-state index in [1.807, 2.05) is 10.9 Å². The zero-order chi connectivity index (χ0) is 17.8. The second-order valence-electron chi connectivity index (χ2n) is 7.79. The second-order valence-corrected chi connectivity index (χ2v) is 7.79. The van der Waals surface area contributed by atoms with Crippen LogP contribution in [0.3, 0.4) is 0 Å². The first kappa shape index (κ1) is 18.3. The molecule has 0 bridgehead atoms. The lowest BCUT2D eigenvalue weighted by atomic mass is 9.94. The quantitative estimate of drug-likeness (QED) is 0.743. The summed E-state index contributed by atoms with van der Waals surface area (Å²) in [6.45, 7) is 5.28. The van der Waals surface area contributed by atoms with Crippen LogP contribution in [-0.4, -0.2) is 82.2 Å². The molecule has 0 aromatic carbocycles. The van der Waals surface area contributed by atoms with Gasteiger partial charge in [-0.15, -0.1) is 5.10 Å². The number of rotatable bonds is 6. The van der Waals surface area contributed by atoms with E-state index in [9.17, 15) is 5.11 Å². The Morgan fingerprint density at radius 1 is 1.19 bits per heavy atom. The van der Waals surface area contributed by atoms with E-state index in [-0.39, 0.29) is 12.1 Å². The molecule has 1 aromatic rings. The van der Waals surface area contributed by atoms with Gasteiger partial charge in [-0.05, 0) is 12.8 Å². The lowest BCUT2D eigenvalue weighted by molar-refractivity contribution is 0.0336. The molecule has 2 aliphatic heterocycles. The summed E-state index contributed by atoms with van der Waals surface area (Å²) in [5.74, 6) is 0. The monoisotopic (exact) mass is 365 g/mol. The van der Waals surface area contributed by atoms with Gasteiger partial charge in [0.05, 0.1) is 50.3 Å². The Hall–Kier alpha value is -1.06. The van der Waals surface area contributed by atoms with Crippen LogP contribution in [0.1, 0.15) is 37.8 Å². The Morgan fingerprint density at radius 2 is 2.00 bits per heavy atom. The Labute approximate surface area is 154 Å². The summed E-state index contributed by atoms with van der Waals surface area (Å²) >= 11 is 0. The van der Waals surface area contributed by atoms with Gasteiger partial charge in [-0.3, -0.25) is 4.90 Å². The highest BCUT2D eigenvalue weighted by Crippen LogP contribution is 2.22. The molecule has 1 aromatic heterocycles. The van der Waals surface area contributed by atoms with Crippen LogP contribution < -0.4 is 5.32 Å². The number of aliphatic hydroxyl groups excluding tert-OH is 1. The van der Waals surface area contributed by atoms with Gasteiger partial charge in [0.2, 0.25) is 0 Å². The van der Waals surface area contributed by atoms with Crippen LogP contribution in [0.25, 0.3) is 0 Å². The molecule has 2 saturated heterocycles. The normalized spacial score (nSPS) is 31.5. The average Bonchev–Trinajstić information content (AvgIpc) is 3.25. The molecule has 1 saturated carbocycles. The number of morpholine rings is 1. The number of hydrogen-bond acceptors (Lipinski definition) is 7. The zero-order valence-electron chi connectivity index (χ0n) is 15.4. The van der Waals surface area contributed by atoms with Crippen molar-refractivity contribution in [1.82, 2.24) is 25.2 Å². The summed E-state index contributed by atoms with van der Waals surface area (Å²) in [6, 6.07) is 0.477. The van der Waals surface area contributed by atoms with Crippen LogP contribution in [0.2, 0.25) is 0 Å². The predicted octanol–water partition coefficient (Wildman–Crippen LogP) is 0.161. The number of nitrogens with zero attached hydrogens (tertiary/aromatic N) is 4. The molecule has 0 radical (unpaired) electrons. The lowest BCUT2D eigenvalue weighted by Gasteiger charge is -2.30. The van der Waals surface area contributed by atoms with E-state index in [1.54, 1.807) is 0 Å². The minimum atomic E-state index is -0.446. The van der Waals surface area contributed by atoms with Crippen LogP contribution in [0.15, 0.2) is 6.20 Å². The first-order valence-electron chi connectivity index (χ1n) is 10.0. The van der Waals surface area contributed by atoms with Gasteiger partial charge in [0.1, 0.15) is 0 Å². The van der Waals surface area contributed by atoms with E-state index in [2.05, 4.69) is 20.5 Å². The van der Waals surface area contributed by atoms with Crippen molar-refractivity contribution in [3.05, 3.63) is 11.9 Å². The largest absolute Gasteiger partial charge is 0.389 e. The number of nitrogens with one attached hydrogen (secondary N) is 1. The van der Waals surface area contributed by atoms with E-state index >= 15 is 0 Å². The third-order valence-corrected chi connectivity index (χ3v) is 5.77. The smallest absolute Gasteiger partial charge is 0.0967 e. The molecule has 4 rings (SSSR count). The minimum Gasteiger partial charge on any atom is -0.389 e. The number of aromatic nitrogens is 3. The third-order valence-electron chi connectivity index (χ3n) is 5.77. The van der Waals surface area contributed by atoms with Crippen LogP contribution in [0.4, 0.5) is 0 Å². The van der Waals surface area contributed by atoms with E-state index in [1.165, 1.54) is 32.1 Å². The van der Waals surface area contributed by atoms with Gasteiger partial charge in [0.25, 0.3) is 0 Å². The van der Waals surface area contributed by atoms with Crippen molar-refractivity contribution in [2.24, 2.45) is 0 Å². The lowest BCUT2D eigenvalue weighted by Crippen LogP contribution is -2.50. The molecule has 8 heteroatoms.